The molecule has 5 heteroatoms. The third kappa shape index (κ3) is 5.85. The van der Waals surface area contributed by atoms with Gasteiger partial charge in [0, 0.05) is 12.1 Å². The highest BCUT2D eigenvalue weighted by atomic mass is 16.5. The van der Waals surface area contributed by atoms with E-state index in [1.807, 2.05) is 0 Å². The minimum atomic E-state index is -0.345. The Labute approximate surface area is 89.7 Å². The number of hydrogen-bond donors (Lipinski definition) is 2. The molecule has 5 nitrogen and oxygen atoms in total. The van der Waals surface area contributed by atoms with E-state index in [-0.39, 0.29) is 37.5 Å². The van der Waals surface area contributed by atoms with Crippen LogP contribution in [0.25, 0.3) is 0 Å². The van der Waals surface area contributed by atoms with Crippen LogP contribution in [0.1, 0.15) is 13.8 Å². The summed E-state index contributed by atoms with van der Waals surface area (Å²) in [5.74, 6) is -0.887. The zero-order chi connectivity index (χ0) is 11.8. The van der Waals surface area contributed by atoms with Gasteiger partial charge in [-0.05, 0) is 6.92 Å². The lowest BCUT2D eigenvalue weighted by molar-refractivity contribution is -0.147. The predicted octanol–water partition coefficient (Wildman–Crippen LogP) is -0.183. The number of nitrogens with one attached hydrogen (secondary N) is 1. The van der Waals surface area contributed by atoms with E-state index in [0.717, 1.165) is 0 Å². The quantitative estimate of drug-likeness (QED) is 0.365. The van der Waals surface area contributed by atoms with Gasteiger partial charge in [-0.25, -0.2) is 0 Å². The lowest BCUT2D eigenvalue weighted by Crippen LogP contribution is -2.30. The molecule has 0 aromatic carbocycles. The molecule has 3 N–H and O–H groups in total. The first-order valence-corrected chi connectivity index (χ1v) is 4.79. The molecule has 0 saturated heterocycles. The third-order valence-corrected chi connectivity index (χ3v) is 1.78. The van der Waals surface area contributed by atoms with E-state index in [4.69, 9.17) is 10.5 Å². The van der Waals surface area contributed by atoms with Crippen LogP contribution in [0.3, 0.4) is 0 Å². The summed E-state index contributed by atoms with van der Waals surface area (Å²) in [7, 11) is 0. The SMILES string of the molecule is C=C(C)C(=O)NCCOC(=O)C(C)CN. The van der Waals surface area contributed by atoms with E-state index in [2.05, 4.69) is 11.9 Å². The lowest BCUT2D eigenvalue weighted by atomic mass is 10.2. The fraction of sp³-hybridized carbons (Fsp3) is 0.600. The van der Waals surface area contributed by atoms with E-state index in [9.17, 15) is 9.59 Å². The molecule has 0 spiro atoms. The van der Waals surface area contributed by atoms with Crippen LogP contribution >= 0.6 is 0 Å². The lowest BCUT2D eigenvalue weighted by Gasteiger charge is -2.09. The molecule has 0 heterocycles. The molecular weight excluding hydrogens is 196 g/mol. The van der Waals surface area contributed by atoms with Gasteiger partial charge in [0.1, 0.15) is 6.61 Å². The van der Waals surface area contributed by atoms with Gasteiger partial charge in [0.15, 0.2) is 0 Å². The molecule has 0 rings (SSSR count). The third-order valence-electron chi connectivity index (χ3n) is 1.78. The number of rotatable bonds is 6. The van der Waals surface area contributed by atoms with Crippen LogP contribution in [-0.4, -0.2) is 31.6 Å². The van der Waals surface area contributed by atoms with Crippen LogP contribution in [0, 0.1) is 5.92 Å². The predicted molar refractivity (Wildman–Crippen MR) is 57.0 cm³/mol. The van der Waals surface area contributed by atoms with Crippen molar-refractivity contribution in [3.8, 4) is 0 Å². The number of esters is 1. The summed E-state index contributed by atoms with van der Waals surface area (Å²) in [6, 6.07) is 0. The second-order valence-electron chi connectivity index (χ2n) is 3.34. The second kappa shape index (κ2) is 7.00. The largest absolute Gasteiger partial charge is 0.464 e. The van der Waals surface area contributed by atoms with Crippen molar-refractivity contribution in [2.24, 2.45) is 11.7 Å². The topological polar surface area (TPSA) is 81.4 Å². The maximum absolute atomic E-state index is 11.1. The van der Waals surface area contributed by atoms with Gasteiger partial charge in [-0.1, -0.05) is 13.5 Å². The van der Waals surface area contributed by atoms with Crippen molar-refractivity contribution < 1.29 is 14.3 Å². The van der Waals surface area contributed by atoms with Gasteiger partial charge in [0.25, 0.3) is 0 Å². The Morgan fingerprint density at radius 1 is 1.53 bits per heavy atom. The Hall–Kier alpha value is -1.36. The summed E-state index contributed by atoms with van der Waals surface area (Å²) < 4.78 is 4.86. The minimum absolute atomic E-state index is 0.155. The molecule has 0 saturated carbocycles. The molecule has 1 unspecified atom stereocenters. The standard InChI is InChI=1S/C10H18N2O3/c1-7(2)9(13)12-4-5-15-10(14)8(3)6-11/h8H,1,4-6,11H2,2-3H3,(H,12,13). The monoisotopic (exact) mass is 214 g/mol. The van der Waals surface area contributed by atoms with E-state index in [1.54, 1.807) is 13.8 Å². The molecule has 0 bridgehead atoms. The van der Waals surface area contributed by atoms with Crippen LogP contribution in [-0.2, 0) is 14.3 Å². The first kappa shape index (κ1) is 13.6. The van der Waals surface area contributed by atoms with E-state index in [0.29, 0.717) is 5.57 Å². The number of ether oxygens (including phenoxy) is 1. The summed E-state index contributed by atoms with van der Waals surface area (Å²) in [5.41, 5.74) is 5.71. The summed E-state index contributed by atoms with van der Waals surface area (Å²) in [6.07, 6.45) is 0. The Morgan fingerprint density at radius 2 is 2.13 bits per heavy atom. The summed E-state index contributed by atoms with van der Waals surface area (Å²) in [6.45, 7) is 7.47. The average Bonchev–Trinajstić information content (AvgIpc) is 2.22. The molecule has 1 atom stereocenters. The van der Waals surface area contributed by atoms with Crippen LogP contribution < -0.4 is 11.1 Å². The Balaban J connectivity index is 3.59. The van der Waals surface area contributed by atoms with Gasteiger partial charge in [-0.2, -0.15) is 0 Å². The van der Waals surface area contributed by atoms with Crippen molar-refractivity contribution in [1.29, 1.82) is 0 Å². The van der Waals surface area contributed by atoms with Crippen molar-refractivity contribution in [3.63, 3.8) is 0 Å². The molecular formula is C10H18N2O3. The molecule has 0 radical (unpaired) electrons. The normalized spacial score (nSPS) is 11.7. The van der Waals surface area contributed by atoms with Crippen LogP contribution in [0.5, 0.6) is 0 Å². The van der Waals surface area contributed by atoms with Crippen molar-refractivity contribution >= 4 is 11.9 Å². The molecule has 86 valence electrons. The highest BCUT2D eigenvalue weighted by Gasteiger charge is 2.11. The number of hydrogen-bond acceptors (Lipinski definition) is 4. The highest BCUT2D eigenvalue weighted by Crippen LogP contribution is 1.94. The number of amides is 1. The van der Waals surface area contributed by atoms with Gasteiger partial charge in [0.2, 0.25) is 5.91 Å². The van der Waals surface area contributed by atoms with E-state index >= 15 is 0 Å². The van der Waals surface area contributed by atoms with Crippen molar-refractivity contribution in [2.45, 2.75) is 13.8 Å². The zero-order valence-electron chi connectivity index (χ0n) is 9.21. The first-order chi connectivity index (χ1) is 6.99. The van der Waals surface area contributed by atoms with Gasteiger partial charge in [-0.3, -0.25) is 9.59 Å². The number of nitrogens with two attached hydrogens (primary N) is 1. The number of carbonyl (C=O) groups is 2. The summed E-state index contributed by atoms with van der Waals surface area (Å²) in [5, 5.41) is 2.55. The summed E-state index contributed by atoms with van der Waals surface area (Å²) >= 11 is 0. The van der Waals surface area contributed by atoms with Gasteiger partial charge in [-0.15, -0.1) is 0 Å². The van der Waals surface area contributed by atoms with Gasteiger partial charge < -0.3 is 15.8 Å². The fourth-order valence-corrected chi connectivity index (χ4v) is 0.706. The molecule has 1 amide bonds. The summed E-state index contributed by atoms with van der Waals surface area (Å²) in [4.78, 5) is 22.1. The Kier molecular flexibility index (Phi) is 6.37. The van der Waals surface area contributed by atoms with Crippen LogP contribution in [0.2, 0.25) is 0 Å². The minimum Gasteiger partial charge on any atom is -0.464 e. The zero-order valence-corrected chi connectivity index (χ0v) is 9.21. The smallest absolute Gasteiger partial charge is 0.309 e. The van der Waals surface area contributed by atoms with Crippen molar-refractivity contribution in [1.82, 2.24) is 5.32 Å². The Morgan fingerprint density at radius 3 is 2.60 bits per heavy atom. The van der Waals surface area contributed by atoms with Gasteiger partial charge in [0.05, 0.1) is 12.5 Å². The van der Waals surface area contributed by atoms with Gasteiger partial charge >= 0.3 is 5.97 Å². The average molecular weight is 214 g/mol. The fourth-order valence-electron chi connectivity index (χ4n) is 0.706. The molecule has 0 aromatic rings. The maximum atomic E-state index is 11.1. The van der Waals surface area contributed by atoms with E-state index in [1.165, 1.54) is 0 Å². The van der Waals surface area contributed by atoms with Crippen LogP contribution in [0.4, 0.5) is 0 Å². The Bertz CT molecular complexity index is 251. The molecule has 0 aliphatic carbocycles. The maximum Gasteiger partial charge on any atom is 0.309 e. The molecule has 0 fully saturated rings. The van der Waals surface area contributed by atoms with E-state index < -0.39 is 0 Å². The molecule has 0 aliphatic rings. The van der Waals surface area contributed by atoms with Crippen molar-refractivity contribution in [3.05, 3.63) is 12.2 Å². The highest BCUT2D eigenvalue weighted by molar-refractivity contribution is 5.92. The van der Waals surface area contributed by atoms with Crippen LogP contribution in [0.15, 0.2) is 12.2 Å². The molecule has 15 heavy (non-hydrogen) atoms. The molecule has 0 aromatic heterocycles. The second-order valence-corrected chi connectivity index (χ2v) is 3.34. The first-order valence-electron chi connectivity index (χ1n) is 4.79. The van der Waals surface area contributed by atoms with Crippen molar-refractivity contribution in [2.75, 3.05) is 19.7 Å². The molecule has 0 aliphatic heterocycles. The number of carbonyl (C=O) groups excluding carboxylic acids is 2.